The number of nitrogens with zero attached hydrogens (tertiary/aromatic N) is 2. The van der Waals surface area contributed by atoms with Crippen molar-refractivity contribution in [2.75, 3.05) is 0 Å². The van der Waals surface area contributed by atoms with E-state index in [1.54, 1.807) is 19.1 Å². The van der Waals surface area contributed by atoms with Gasteiger partial charge in [0.25, 0.3) is 5.56 Å². The van der Waals surface area contributed by atoms with E-state index in [2.05, 4.69) is 4.98 Å². The first-order valence-corrected chi connectivity index (χ1v) is 7.94. The molecule has 0 atom stereocenters. The van der Waals surface area contributed by atoms with Crippen LogP contribution in [0.4, 0.5) is 4.39 Å². The molecule has 1 aliphatic rings. The highest BCUT2D eigenvalue weighted by Crippen LogP contribution is 2.38. The lowest BCUT2D eigenvalue weighted by molar-refractivity contribution is 0.405. The van der Waals surface area contributed by atoms with E-state index in [-0.39, 0.29) is 16.9 Å². The quantitative estimate of drug-likeness (QED) is 0.714. The molecule has 0 amide bonds. The van der Waals surface area contributed by atoms with E-state index in [0.29, 0.717) is 22.6 Å². The van der Waals surface area contributed by atoms with Crippen LogP contribution in [0, 0.1) is 12.7 Å². The SMILES string of the molecule is Cc1nc2ccc(C3CCC3)c(F)c2c(=O)n1-c1ccccc1. The molecule has 1 fully saturated rings. The molecule has 1 saturated carbocycles. The third-order valence-electron chi connectivity index (χ3n) is 4.73. The molecule has 4 heteroatoms. The normalized spacial score (nSPS) is 14.9. The molecule has 23 heavy (non-hydrogen) atoms. The number of rotatable bonds is 2. The van der Waals surface area contributed by atoms with Gasteiger partial charge in [0.1, 0.15) is 17.0 Å². The minimum absolute atomic E-state index is 0.101. The van der Waals surface area contributed by atoms with E-state index in [0.717, 1.165) is 19.3 Å². The lowest BCUT2D eigenvalue weighted by Gasteiger charge is -2.26. The first-order valence-electron chi connectivity index (χ1n) is 7.94. The molecule has 3 aromatic rings. The average molecular weight is 308 g/mol. The van der Waals surface area contributed by atoms with Crippen molar-refractivity contribution in [1.82, 2.24) is 9.55 Å². The van der Waals surface area contributed by atoms with Gasteiger partial charge in [-0.3, -0.25) is 9.36 Å². The van der Waals surface area contributed by atoms with Crippen molar-refractivity contribution in [2.45, 2.75) is 32.1 Å². The monoisotopic (exact) mass is 308 g/mol. The van der Waals surface area contributed by atoms with Crippen LogP contribution < -0.4 is 5.56 Å². The van der Waals surface area contributed by atoms with Crippen molar-refractivity contribution in [2.24, 2.45) is 0 Å². The Hall–Kier alpha value is -2.49. The molecule has 116 valence electrons. The zero-order valence-corrected chi connectivity index (χ0v) is 12.9. The highest BCUT2D eigenvalue weighted by molar-refractivity contribution is 5.80. The van der Waals surface area contributed by atoms with Crippen LogP contribution in [0.5, 0.6) is 0 Å². The van der Waals surface area contributed by atoms with Gasteiger partial charge < -0.3 is 0 Å². The largest absolute Gasteiger partial charge is 0.268 e. The summed E-state index contributed by atoms with van der Waals surface area (Å²) in [7, 11) is 0. The summed E-state index contributed by atoms with van der Waals surface area (Å²) in [6, 6.07) is 12.8. The van der Waals surface area contributed by atoms with Gasteiger partial charge in [0.2, 0.25) is 0 Å². The lowest BCUT2D eigenvalue weighted by atomic mass is 9.79. The molecule has 0 aliphatic heterocycles. The number of halogens is 1. The summed E-state index contributed by atoms with van der Waals surface area (Å²) in [4.78, 5) is 17.4. The van der Waals surface area contributed by atoms with Crippen LogP contribution in [0.3, 0.4) is 0 Å². The summed E-state index contributed by atoms with van der Waals surface area (Å²) in [5, 5.41) is 0.101. The molecule has 1 aromatic heterocycles. The zero-order valence-electron chi connectivity index (χ0n) is 12.9. The van der Waals surface area contributed by atoms with Crippen molar-refractivity contribution in [3.05, 3.63) is 70.0 Å². The third-order valence-corrected chi connectivity index (χ3v) is 4.73. The maximum atomic E-state index is 15.0. The van der Waals surface area contributed by atoms with E-state index in [9.17, 15) is 9.18 Å². The smallest absolute Gasteiger partial charge is 0.268 e. The molecular formula is C19H17FN2O. The van der Waals surface area contributed by atoms with Gasteiger partial charge in [0.05, 0.1) is 11.2 Å². The standard InChI is InChI=1S/C19H17FN2O/c1-12-21-16-11-10-15(13-6-5-7-13)18(20)17(16)19(23)22(12)14-8-3-2-4-9-14/h2-4,8-11,13H,5-7H2,1H3. The van der Waals surface area contributed by atoms with Crippen LogP contribution >= 0.6 is 0 Å². The Morgan fingerprint density at radius 3 is 2.52 bits per heavy atom. The number of hydrogen-bond acceptors (Lipinski definition) is 2. The molecule has 4 rings (SSSR count). The van der Waals surface area contributed by atoms with Crippen molar-refractivity contribution >= 4 is 10.9 Å². The molecule has 1 heterocycles. The van der Waals surface area contributed by atoms with E-state index >= 15 is 0 Å². The number of fused-ring (bicyclic) bond motifs is 1. The minimum atomic E-state index is -0.394. The predicted octanol–water partition coefficient (Wildman–Crippen LogP) is 4.10. The Morgan fingerprint density at radius 2 is 1.87 bits per heavy atom. The van der Waals surface area contributed by atoms with Gasteiger partial charge in [-0.25, -0.2) is 9.37 Å². The molecule has 1 aliphatic carbocycles. The van der Waals surface area contributed by atoms with Crippen LogP contribution in [0.25, 0.3) is 16.6 Å². The fourth-order valence-electron chi connectivity index (χ4n) is 3.28. The van der Waals surface area contributed by atoms with Gasteiger partial charge >= 0.3 is 0 Å². The number of para-hydroxylation sites is 1. The summed E-state index contributed by atoms with van der Waals surface area (Å²) in [6.45, 7) is 1.77. The molecule has 3 nitrogen and oxygen atoms in total. The number of hydrogen-bond donors (Lipinski definition) is 0. The van der Waals surface area contributed by atoms with E-state index in [1.807, 2.05) is 30.3 Å². The number of aryl methyl sites for hydroxylation is 1. The predicted molar refractivity (Wildman–Crippen MR) is 88.6 cm³/mol. The summed E-state index contributed by atoms with van der Waals surface area (Å²) in [6.07, 6.45) is 3.12. The van der Waals surface area contributed by atoms with Gasteiger partial charge in [0, 0.05) is 0 Å². The lowest BCUT2D eigenvalue weighted by Crippen LogP contribution is -2.24. The fraction of sp³-hybridized carbons (Fsp3) is 0.263. The molecule has 0 saturated heterocycles. The van der Waals surface area contributed by atoms with Crippen LogP contribution in [0.1, 0.15) is 36.6 Å². The molecule has 0 N–H and O–H groups in total. The molecule has 0 radical (unpaired) electrons. The van der Waals surface area contributed by atoms with Crippen molar-refractivity contribution in [1.29, 1.82) is 0 Å². The molecular weight excluding hydrogens is 291 g/mol. The number of benzene rings is 2. The highest BCUT2D eigenvalue weighted by Gasteiger charge is 2.25. The van der Waals surface area contributed by atoms with Crippen LogP contribution in [-0.4, -0.2) is 9.55 Å². The Kier molecular flexibility index (Phi) is 3.26. The van der Waals surface area contributed by atoms with Gasteiger partial charge in [-0.05, 0) is 49.4 Å². The fourth-order valence-corrected chi connectivity index (χ4v) is 3.28. The Labute approximate surface area is 133 Å². The van der Waals surface area contributed by atoms with Crippen molar-refractivity contribution < 1.29 is 4.39 Å². The van der Waals surface area contributed by atoms with E-state index in [4.69, 9.17) is 0 Å². The Bertz CT molecular complexity index is 943. The van der Waals surface area contributed by atoms with Crippen molar-refractivity contribution in [3.8, 4) is 5.69 Å². The van der Waals surface area contributed by atoms with Crippen molar-refractivity contribution in [3.63, 3.8) is 0 Å². The summed E-state index contributed by atoms with van der Waals surface area (Å²) >= 11 is 0. The first kappa shape index (κ1) is 14.1. The van der Waals surface area contributed by atoms with Gasteiger partial charge in [-0.15, -0.1) is 0 Å². The summed E-state index contributed by atoms with van der Waals surface area (Å²) in [5.41, 5.74) is 1.46. The van der Waals surface area contributed by atoms with Gasteiger partial charge in [-0.1, -0.05) is 30.7 Å². The minimum Gasteiger partial charge on any atom is -0.268 e. The zero-order chi connectivity index (χ0) is 16.0. The first-order chi connectivity index (χ1) is 11.2. The maximum absolute atomic E-state index is 15.0. The second-order valence-corrected chi connectivity index (χ2v) is 6.13. The summed E-state index contributed by atoms with van der Waals surface area (Å²) < 4.78 is 16.5. The van der Waals surface area contributed by atoms with Gasteiger partial charge in [-0.2, -0.15) is 0 Å². The van der Waals surface area contributed by atoms with Crippen LogP contribution in [-0.2, 0) is 0 Å². The maximum Gasteiger partial charge on any atom is 0.268 e. The molecule has 0 unspecified atom stereocenters. The average Bonchev–Trinajstić information content (AvgIpc) is 2.49. The van der Waals surface area contributed by atoms with Crippen LogP contribution in [0.2, 0.25) is 0 Å². The van der Waals surface area contributed by atoms with Crippen LogP contribution in [0.15, 0.2) is 47.3 Å². The van der Waals surface area contributed by atoms with Gasteiger partial charge in [0.15, 0.2) is 0 Å². The van der Waals surface area contributed by atoms with E-state index < -0.39 is 5.82 Å². The highest BCUT2D eigenvalue weighted by atomic mass is 19.1. The number of aromatic nitrogens is 2. The topological polar surface area (TPSA) is 34.9 Å². The molecule has 0 spiro atoms. The second kappa shape index (κ2) is 5.30. The Balaban J connectivity index is 2.02. The molecule has 2 aromatic carbocycles. The summed E-state index contributed by atoms with van der Waals surface area (Å²) in [5.74, 6) is 0.407. The molecule has 0 bridgehead atoms. The Morgan fingerprint density at radius 1 is 1.13 bits per heavy atom. The van der Waals surface area contributed by atoms with E-state index in [1.165, 1.54) is 4.57 Å². The second-order valence-electron chi connectivity index (χ2n) is 6.13. The third kappa shape index (κ3) is 2.17.